The van der Waals surface area contributed by atoms with Crippen LogP contribution in [0.1, 0.15) is 78.4 Å². The largest absolute Gasteiger partial charge is 0.444 e. The van der Waals surface area contributed by atoms with E-state index in [1.807, 2.05) is 16.7 Å². The molecule has 3 aliphatic rings. The monoisotopic (exact) mass is 674 g/mol. The minimum absolute atomic E-state index is 0.0550. The Bertz CT molecular complexity index is 1870. The highest BCUT2D eigenvalue weighted by molar-refractivity contribution is 7.13. The summed E-state index contributed by atoms with van der Waals surface area (Å²) >= 11 is 1.26. The number of nitrogens with one attached hydrogen (secondary N) is 1. The highest BCUT2D eigenvalue weighted by Gasteiger charge is 2.42. The minimum Gasteiger partial charge on any atom is -0.444 e. The average molecular weight is 675 g/mol. The number of likely N-dealkylation sites (tertiary alicyclic amines) is 1. The third-order valence-corrected chi connectivity index (χ3v) is 9.84. The molecule has 4 aromatic rings. The molecule has 3 amide bonds. The molecule has 0 bridgehead atoms. The van der Waals surface area contributed by atoms with E-state index in [1.54, 1.807) is 56.9 Å². The van der Waals surface area contributed by atoms with Gasteiger partial charge in [0.1, 0.15) is 17.6 Å². The lowest BCUT2D eigenvalue weighted by Gasteiger charge is -2.35. The molecule has 0 spiro atoms. The van der Waals surface area contributed by atoms with Crippen LogP contribution in [-0.4, -0.2) is 67.1 Å². The zero-order chi connectivity index (χ0) is 33.7. The van der Waals surface area contributed by atoms with Gasteiger partial charge in [0.15, 0.2) is 11.2 Å². The number of anilines is 1. The Labute approximate surface area is 280 Å². The van der Waals surface area contributed by atoms with Crippen molar-refractivity contribution in [2.24, 2.45) is 0 Å². The number of thiazole rings is 1. The van der Waals surface area contributed by atoms with Crippen molar-refractivity contribution in [2.75, 3.05) is 18.4 Å². The Morgan fingerprint density at radius 3 is 2.60 bits per heavy atom. The number of halogens is 2. The molecule has 1 fully saturated rings. The third-order valence-electron chi connectivity index (χ3n) is 9.15. The van der Waals surface area contributed by atoms with E-state index in [0.29, 0.717) is 34.9 Å². The Kier molecular flexibility index (Phi) is 8.26. The predicted octanol–water partition coefficient (Wildman–Crippen LogP) is 6.49. The van der Waals surface area contributed by atoms with Crippen molar-refractivity contribution >= 4 is 34.4 Å². The first-order valence-electron chi connectivity index (χ1n) is 16.1. The number of alkyl halides is 1. The van der Waals surface area contributed by atoms with Gasteiger partial charge >= 0.3 is 6.09 Å². The van der Waals surface area contributed by atoms with E-state index in [-0.39, 0.29) is 24.2 Å². The number of benzene rings is 2. The van der Waals surface area contributed by atoms with E-state index >= 15 is 8.78 Å². The number of carbonyl (C=O) groups excluding carboxylic acids is 3. The average Bonchev–Trinajstić information content (AvgIpc) is 3.85. The summed E-state index contributed by atoms with van der Waals surface area (Å²) in [6, 6.07) is 9.18. The summed E-state index contributed by atoms with van der Waals surface area (Å²) in [5.41, 5.74) is 3.08. The molecule has 48 heavy (non-hydrogen) atoms. The fraction of sp³-hybridized carbons (Fsp3) is 0.400. The SMILES string of the molecule is CC(C)(C)OC(=O)N1CC[C@H](c2ccc(-c3cc(F)c4c(c3)C(=O)N(C(C(=O)Nc3nccs3)c3ncn5c3CCC5)C4)cc2)[C@@H](F)C1. The maximum atomic E-state index is 15.7. The van der Waals surface area contributed by atoms with Crippen LogP contribution in [0.5, 0.6) is 0 Å². The quantitative estimate of drug-likeness (QED) is 0.251. The summed E-state index contributed by atoms with van der Waals surface area (Å²) in [5.74, 6) is -1.87. The van der Waals surface area contributed by atoms with Crippen molar-refractivity contribution in [2.45, 2.75) is 76.9 Å². The van der Waals surface area contributed by atoms with E-state index in [4.69, 9.17) is 4.74 Å². The molecule has 2 aromatic heterocycles. The number of aryl methyl sites for hydroxylation is 1. The highest BCUT2D eigenvalue weighted by Crippen LogP contribution is 2.39. The van der Waals surface area contributed by atoms with Crippen LogP contribution in [0.25, 0.3) is 11.1 Å². The Balaban J connectivity index is 1.11. The highest BCUT2D eigenvalue weighted by atomic mass is 32.1. The molecular formula is C35H36F2N6O4S. The lowest BCUT2D eigenvalue weighted by molar-refractivity contribution is -0.121. The van der Waals surface area contributed by atoms with Gasteiger partial charge in [-0.1, -0.05) is 24.3 Å². The second kappa shape index (κ2) is 12.4. The zero-order valence-corrected chi connectivity index (χ0v) is 27.7. The molecule has 1 unspecified atom stereocenters. The number of piperidine rings is 1. The molecule has 0 aliphatic carbocycles. The number of hydrogen-bond donors (Lipinski definition) is 1. The first kappa shape index (κ1) is 31.9. The fourth-order valence-corrected chi connectivity index (χ4v) is 7.39. The molecule has 1 N–H and O–H groups in total. The number of ether oxygens (including phenoxy) is 1. The number of nitrogens with zero attached hydrogens (tertiary/aromatic N) is 5. The molecule has 2 aromatic carbocycles. The van der Waals surface area contributed by atoms with Gasteiger partial charge in [-0.25, -0.2) is 23.5 Å². The van der Waals surface area contributed by atoms with E-state index in [1.165, 1.54) is 27.2 Å². The van der Waals surface area contributed by atoms with Gasteiger partial charge in [0.25, 0.3) is 11.8 Å². The molecule has 3 atom stereocenters. The van der Waals surface area contributed by atoms with E-state index in [0.717, 1.165) is 30.6 Å². The van der Waals surface area contributed by atoms with Gasteiger partial charge in [-0.05, 0) is 68.9 Å². The fourth-order valence-electron chi connectivity index (χ4n) is 6.86. The molecule has 10 nitrogen and oxygen atoms in total. The van der Waals surface area contributed by atoms with Gasteiger partial charge in [0, 0.05) is 47.4 Å². The van der Waals surface area contributed by atoms with E-state index < -0.39 is 47.5 Å². The second-order valence-electron chi connectivity index (χ2n) is 13.5. The number of carbonyl (C=O) groups is 3. The van der Waals surface area contributed by atoms with Crippen LogP contribution in [0.15, 0.2) is 54.3 Å². The maximum absolute atomic E-state index is 15.7. The van der Waals surface area contributed by atoms with Crippen LogP contribution in [0, 0.1) is 5.82 Å². The standard InChI is InChI=1S/C35H36F2N6O4S/c1-35(2,3)47-34(46)41-13-10-23(27(37)18-41)21-8-6-20(7-9-21)22-15-24-25(26(36)16-22)17-43(32(24)45)30(31(44)40-33-38-11-14-48-33)29-28-5-4-12-42(28)19-39-29/h6-9,11,14-16,19,23,27,30H,4-5,10,12-13,17-18H2,1-3H3,(H,38,40,44)/t23-,27+,30?/m1/s1. The van der Waals surface area contributed by atoms with Crippen molar-refractivity contribution in [3.8, 4) is 11.1 Å². The van der Waals surface area contributed by atoms with Gasteiger partial charge in [-0.2, -0.15) is 0 Å². The molecule has 0 saturated carbocycles. The maximum Gasteiger partial charge on any atom is 0.410 e. The van der Waals surface area contributed by atoms with Crippen LogP contribution in [0.3, 0.4) is 0 Å². The van der Waals surface area contributed by atoms with Crippen LogP contribution >= 0.6 is 11.3 Å². The van der Waals surface area contributed by atoms with Gasteiger partial charge < -0.3 is 19.1 Å². The number of hydrogen-bond acceptors (Lipinski definition) is 7. The third kappa shape index (κ3) is 6.07. The molecule has 5 heterocycles. The number of aromatic nitrogens is 3. The molecule has 0 radical (unpaired) electrons. The van der Waals surface area contributed by atoms with Crippen molar-refractivity contribution in [1.82, 2.24) is 24.3 Å². The molecular weight excluding hydrogens is 638 g/mol. The first-order chi connectivity index (χ1) is 23.0. The molecule has 7 rings (SSSR count). The molecule has 1 saturated heterocycles. The summed E-state index contributed by atoms with van der Waals surface area (Å²) in [6.07, 6.45) is 3.55. The topological polar surface area (TPSA) is 110 Å². The number of rotatable bonds is 6. The second-order valence-corrected chi connectivity index (χ2v) is 14.4. The summed E-state index contributed by atoms with van der Waals surface area (Å²) in [4.78, 5) is 51.6. The van der Waals surface area contributed by atoms with Crippen molar-refractivity contribution in [1.29, 1.82) is 0 Å². The first-order valence-corrected chi connectivity index (χ1v) is 16.9. The molecule has 250 valence electrons. The van der Waals surface area contributed by atoms with Gasteiger partial charge in [0.2, 0.25) is 0 Å². The molecule has 13 heteroatoms. The van der Waals surface area contributed by atoms with Crippen molar-refractivity contribution < 1.29 is 27.9 Å². The van der Waals surface area contributed by atoms with Crippen LogP contribution in [-0.2, 0) is 29.0 Å². The Morgan fingerprint density at radius 1 is 1.10 bits per heavy atom. The predicted molar refractivity (Wildman–Crippen MR) is 176 cm³/mol. The van der Waals surface area contributed by atoms with Crippen molar-refractivity contribution in [3.63, 3.8) is 0 Å². The number of amides is 3. The van der Waals surface area contributed by atoms with Gasteiger partial charge in [-0.3, -0.25) is 14.9 Å². The van der Waals surface area contributed by atoms with Crippen molar-refractivity contribution in [3.05, 3.63) is 88.2 Å². The Hall–Kier alpha value is -4.65. The zero-order valence-electron chi connectivity index (χ0n) is 26.9. The van der Waals surface area contributed by atoms with Crippen LogP contribution in [0.2, 0.25) is 0 Å². The van der Waals surface area contributed by atoms with E-state index in [9.17, 15) is 14.4 Å². The minimum atomic E-state index is -1.27. The van der Waals surface area contributed by atoms with E-state index in [2.05, 4.69) is 15.3 Å². The lowest BCUT2D eigenvalue weighted by atomic mass is 9.87. The lowest BCUT2D eigenvalue weighted by Crippen LogP contribution is -2.46. The smallest absolute Gasteiger partial charge is 0.410 e. The van der Waals surface area contributed by atoms with Crippen LogP contribution in [0.4, 0.5) is 18.7 Å². The summed E-state index contributed by atoms with van der Waals surface area (Å²) in [5, 5.41) is 4.95. The number of fused-ring (bicyclic) bond motifs is 2. The molecule has 3 aliphatic heterocycles. The Morgan fingerprint density at radius 2 is 1.90 bits per heavy atom. The summed E-state index contributed by atoms with van der Waals surface area (Å²) in [7, 11) is 0. The summed E-state index contributed by atoms with van der Waals surface area (Å²) in [6.45, 7) is 6.35. The van der Waals surface area contributed by atoms with Crippen LogP contribution < -0.4 is 5.32 Å². The normalized spacial score (nSPS) is 19.6. The number of imidazole rings is 1. The van der Waals surface area contributed by atoms with Gasteiger partial charge in [0.05, 0.1) is 25.1 Å². The summed E-state index contributed by atoms with van der Waals surface area (Å²) < 4.78 is 38.4. The van der Waals surface area contributed by atoms with Gasteiger partial charge in [-0.15, -0.1) is 11.3 Å².